The quantitative estimate of drug-likeness (QED) is 0.721. The van der Waals surface area contributed by atoms with Gasteiger partial charge >= 0.3 is 0 Å². The molecule has 2 aliphatic rings. The van der Waals surface area contributed by atoms with E-state index < -0.39 is 0 Å². The van der Waals surface area contributed by atoms with Crippen LogP contribution in [0.2, 0.25) is 0 Å². The Labute approximate surface area is 167 Å². The van der Waals surface area contributed by atoms with Crippen molar-refractivity contribution in [3.05, 3.63) is 54.1 Å². The number of rotatable bonds is 5. The van der Waals surface area contributed by atoms with Crippen molar-refractivity contribution >= 4 is 27.5 Å². The zero-order valence-electron chi connectivity index (χ0n) is 15.5. The number of hydrogen-bond donors (Lipinski definition) is 1. The van der Waals surface area contributed by atoms with Gasteiger partial charge in [0.1, 0.15) is 5.75 Å². The fourth-order valence-electron chi connectivity index (χ4n) is 4.26. The third-order valence-corrected chi connectivity index (χ3v) is 6.55. The molecular weight excluding hydrogens is 372 g/mol. The van der Waals surface area contributed by atoms with Gasteiger partial charge in [0.2, 0.25) is 5.91 Å². The number of nitrogens with two attached hydrogens (primary N) is 1. The number of carbonyl (C=O) groups excluding carboxylic acids is 1. The van der Waals surface area contributed by atoms with E-state index in [0.717, 1.165) is 42.0 Å². The van der Waals surface area contributed by atoms with Gasteiger partial charge in [0, 0.05) is 31.7 Å². The Bertz CT molecular complexity index is 970. The Balaban J connectivity index is 1.21. The van der Waals surface area contributed by atoms with Crippen LogP contribution in [0.4, 0.5) is 0 Å². The number of para-hydroxylation sites is 1. The third kappa shape index (κ3) is 3.26. The third-order valence-electron chi connectivity index (χ3n) is 5.64. The second kappa shape index (κ2) is 7.16. The highest BCUT2D eigenvalue weighted by Gasteiger charge is 2.44. The SMILES string of the molecule is NCC(=O)N1CC2C[C@@H]1CN2Cc1ccc(Oc2nc3ccccc3s2)cc1. The lowest BCUT2D eigenvalue weighted by molar-refractivity contribution is -0.132. The summed E-state index contributed by atoms with van der Waals surface area (Å²) in [7, 11) is 0. The number of aromatic nitrogens is 1. The van der Waals surface area contributed by atoms with Crippen LogP contribution in [0, 0.1) is 0 Å². The largest absolute Gasteiger partial charge is 0.431 e. The maximum atomic E-state index is 11.9. The van der Waals surface area contributed by atoms with E-state index in [0.29, 0.717) is 17.3 Å². The zero-order chi connectivity index (χ0) is 19.1. The molecule has 1 amide bonds. The maximum Gasteiger partial charge on any atom is 0.279 e. The number of likely N-dealkylation sites (tertiary alicyclic amines) is 2. The molecule has 3 heterocycles. The first-order valence-electron chi connectivity index (χ1n) is 9.55. The van der Waals surface area contributed by atoms with E-state index >= 15 is 0 Å². The van der Waals surface area contributed by atoms with Crippen LogP contribution < -0.4 is 10.5 Å². The molecule has 0 aliphatic carbocycles. The lowest BCUT2D eigenvalue weighted by atomic mass is 10.2. The number of hydrogen-bond acceptors (Lipinski definition) is 6. The number of fused-ring (bicyclic) bond motifs is 3. The van der Waals surface area contributed by atoms with Gasteiger partial charge in [-0.15, -0.1) is 0 Å². The fourth-order valence-corrected chi connectivity index (χ4v) is 5.09. The highest BCUT2D eigenvalue weighted by atomic mass is 32.1. The average molecular weight is 395 g/mol. The molecule has 2 saturated heterocycles. The average Bonchev–Trinajstić information content (AvgIpc) is 3.42. The summed E-state index contributed by atoms with van der Waals surface area (Å²) < 4.78 is 7.05. The summed E-state index contributed by atoms with van der Waals surface area (Å²) in [6.45, 7) is 2.74. The molecule has 2 aromatic carbocycles. The monoisotopic (exact) mass is 394 g/mol. The Hall–Kier alpha value is -2.48. The number of piperazine rings is 1. The van der Waals surface area contributed by atoms with Crippen LogP contribution in [0.5, 0.6) is 10.9 Å². The Morgan fingerprint density at radius 1 is 1.14 bits per heavy atom. The van der Waals surface area contributed by atoms with Crippen LogP contribution in [0.15, 0.2) is 48.5 Å². The highest BCUT2D eigenvalue weighted by molar-refractivity contribution is 7.20. The van der Waals surface area contributed by atoms with Crippen LogP contribution in [0.1, 0.15) is 12.0 Å². The van der Waals surface area contributed by atoms with Crippen molar-refractivity contribution in [3.8, 4) is 10.9 Å². The molecule has 2 fully saturated rings. The zero-order valence-corrected chi connectivity index (χ0v) is 16.3. The molecule has 2 N–H and O–H groups in total. The number of amides is 1. The summed E-state index contributed by atoms with van der Waals surface area (Å²) in [5, 5.41) is 0.662. The summed E-state index contributed by atoms with van der Waals surface area (Å²) in [6, 6.07) is 17.0. The Kier molecular flexibility index (Phi) is 4.50. The van der Waals surface area contributed by atoms with Gasteiger partial charge in [0.15, 0.2) is 0 Å². The molecule has 28 heavy (non-hydrogen) atoms. The van der Waals surface area contributed by atoms with Gasteiger partial charge in [0.25, 0.3) is 5.19 Å². The van der Waals surface area contributed by atoms with Gasteiger partial charge in [-0.25, -0.2) is 4.98 Å². The molecule has 0 spiro atoms. The first-order valence-corrected chi connectivity index (χ1v) is 10.4. The minimum Gasteiger partial charge on any atom is -0.431 e. The topological polar surface area (TPSA) is 71.7 Å². The van der Waals surface area contributed by atoms with E-state index in [1.54, 1.807) is 11.3 Å². The summed E-state index contributed by atoms with van der Waals surface area (Å²) in [5.74, 6) is 0.869. The summed E-state index contributed by atoms with van der Waals surface area (Å²) in [4.78, 5) is 20.8. The van der Waals surface area contributed by atoms with Gasteiger partial charge in [-0.3, -0.25) is 9.69 Å². The van der Waals surface area contributed by atoms with Crippen molar-refractivity contribution < 1.29 is 9.53 Å². The molecule has 2 bridgehead atoms. The minimum atomic E-state index is 0.0727. The summed E-state index contributed by atoms with van der Waals surface area (Å²) >= 11 is 1.55. The van der Waals surface area contributed by atoms with Crippen molar-refractivity contribution in [1.29, 1.82) is 0 Å². The van der Waals surface area contributed by atoms with Crippen molar-refractivity contribution in [2.24, 2.45) is 5.73 Å². The van der Waals surface area contributed by atoms with Crippen LogP contribution in [0.25, 0.3) is 10.2 Å². The number of ether oxygens (including phenoxy) is 1. The molecule has 1 aromatic heterocycles. The van der Waals surface area contributed by atoms with Gasteiger partial charge in [-0.2, -0.15) is 0 Å². The van der Waals surface area contributed by atoms with Crippen molar-refractivity contribution in [1.82, 2.24) is 14.8 Å². The summed E-state index contributed by atoms with van der Waals surface area (Å²) in [6.07, 6.45) is 1.06. The minimum absolute atomic E-state index is 0.0727. The van der Waals surface area contributed by atoms with Crippen LogP contribution in [-0.2, 0) is 11.3 Å². The molecule has 0 radical (unpaired) electrons. The highest BCUT2D eigenvalue weighted by Crippen LogP contribution is 2.33. The van der Waals surface area contributed by atoms with E-state index in [9.17, 15) is 4.79 Å². The number of nitrogens with zero attached hydrogens (tertiary/aromatic N) is 3. The normalized spacial score (nSPS) is 21.5. The van der Waals surface area contributed by atoms with E-state index in [1.165, 1.54) is 5.56 Å². The predicted octanol–water partition coefficient (Wildman–Crippen LogP) is 2.83. The molecule has 2 atom stereocenters. The molecule has 6 nitrogen and oxygen atoms in total. The summed E-state index contributed by atoms with van der Waals surface area (Å²) in [5.41, 5.74) is 7.73. The van der Waals surface area contributed by atoms with E-state index in [4.69, 9.17) is 10.5 Å². The van der Waals surface area contributed by atoms with E-state index in [-0.39, 0.29) is 12.5 Å². The number of thiazole rings is 1. The van der Waals surface area contributed by atoms with Gasteiger partial charge in [-0.1, -0.05) is 35.6 Å². The smallest absolute Gasteiger partial charge is 0.279 e. The molecule has 3 aromatic rings. The van der Waals surface area contributed by atoms with E-state index in [1.807, 2.05) is 35.2 Å². The number of carbonyl (C=O) groups is 1. The van der Waals surface area contributed by atoms with E-state index in [2.05, 4.69) is 28.1 Å². The molecule has 2 aliphatic heterocycles. The number of benzene rings is 2. The molecule has 7 heteroatoms. The maximum absolute atomic E-state index is 11.9. The molecule has 0 saturated carbocycles. The van der Waals surface area contributed by atoms with Gasteiger partial charge in [-0.05, 0) is 36.2 Å². The second-order valence-electron chi connectivity index (χ2n) is 7.42. The predicted molar refractivity (Wildman–Crippen MR) is 110 cm³/mol. The lowest BCUT2D eigenvalue weighted by Crippen LogP contribution is -2.49. The van der Waals surface area contributed by atoms with Gasteiger partial charge < -0.3 is 15.4 Å². The second-order valence-corrected chi connectivity index (χ2v) is 8.41. The van der Waals surface area contributed by atoms with Crippen LogP contribution >= 0.6 is 11.3 Å². The fraction of sp³-hybridized carbons (Fsp3) is 0.333. The van der Waals surface area contributed by atoms with Crippen molar-refractivity contribution in [2.75, 3.05) is 19.6 Å². The molecule has 1 unspecified atom stereocenters. The Morgan fingerprint density at radius 2 is 1.96 bits per heavy atom. The molecule has 144 valence electrons. The molecule has 5 rings (SSSR count). The molecular formula is C21H22N4O2S. The van der Waals surface area contributed by atoms with Crippen LogP contribution in [0.3, 0.4) is 0 Å². The first-order chi connectivity index (χ1) is 13.7. The Morgan fingerprint density at radius 3 is 2.68 bits per heavy atom. The van der Waals surface area contributed by atoms with Crippen LogP contribution in [-0.4, -0.2) is 52.4 Å². The van der Waals surface area contributed by atoms with Crippen molar-refractivity contribution in [2.45, 2.75) is 25.0 Å². The van der Waals surface area contributed by atoms with Crippen molar-refractivity contribution in [3.63, 3.8) is 0 Å². The lowest BCUT2D eigenvalue weighted by Gasteiger charge is -2.34. The standard InChI is InChI=1S/C21H22N4O2S/c22-10-20(26)25-13-15-9-16(25)12-24(15)11-14-5-7-17(8-6-14)27-21-23-18-3-1-2-4-19(18)28-21/h1-8,15-16H,9-13,22H2/t15?,16-/m1/s1. The van der Waals surface area contributed by atoms with Gasteiger partial charge in [0.05, 0.1) is 16.8 Å². The first kappa shape index (κ1) is 17.6.